The van der Waals surface area contributed by atoms with Gasteiger partial charge in [-0.2, -0.15) is 0 Å². The summed E-state index contributed by atoms with van der Waals surface area (Å²) in [7, 11) is 0. The third kappa shape index (κ3) is 4.09. The lowest BCUT2D eigenvalue weighted by Crippen LogP contribution is -2.47. The number of anilines is 1. The van der Waals surface area contributed by atoms with Crippen LogP contribution in [0, 0.1) is 6.92 Å². The number of amides is 1. The number of likely N-dealkylation sites (tertiary alicyclic amines) is 1. The van der Waals surface area contributed by atoms with Gasteiger partial charge < -0.3 is 10.4 Å². The highest BCUT2D eigenvalue weighted by Crippen LogP contribution is 2.31. The van der Waals surface area contributed by atoms with E-state index in [-0.39, 0.29) is 18.1 Å². The fourth-order valence-corrected chi connectivity index (χ4v) is 4.61. The Morgan fingerprint density at radius 1 is 1.21 bits per heavy atom. The van der Waals surface area contributed by atoms with Crippen molar-refractivity contribution in [2.24, 2.45) is 0 Å². The average molecular weight is 396 g/mol. The lowest BCUT2D eigenvalue weighted by atomic mass is 10.1. The van der Waals surface area contributed by atoms with Crippen LogP contribution in [0.5, 0.6) is 0 Å². The molecule has 1 fully saturated rings. The number of carbonyl (C=O) groups is 1. The van der Waals surface area contributed by atoms with Crippen LogP contribution in [0.3, 0.4) is 0 Å². The van der Waals surface area contributed by atoms with Crippen LogP contribution < -0.4 is 5.32 Å². The molecule has 0 bridgehead atoms. The molecular weight excluding hydrogens is 370 g/mol. The minimum Gasteiger partial charge on any atom is -0.393 e. The van der Waals surface area contributed by atoms with E-state index in [2.05, 4.69) is 35.3 Å². The van der Waals surface area contributed by atoms with Gasteiger partial charge in [0.05, 0.1) is 22.4 Å². The molecule has 2 heterocycles. The second-order valence-corrected chi connectivity index (χ2v) is 8.53. The van der Waals surface area contributed by atoms with E-state index >= 15 is 0 Å². The Bertz CT molecular complexity index is 975. The fourth-order valence-electron chi connectivity index (χ4n) is 3.54. The monoisotopic (exact) mass is 395 g/mol. The molecule has 0 radical (unpaired) electrons. The molecule has 1 amide bonds. The van der Waals surface area contributed by atoms with E-state index in [0.29, 0.717) is 0 Å². The number of rotatable bonds is 4. The van der Waals surface area contributed by atoms with Gasteiger partial charge in [0.2, 0.25) is 5.91 Å². The topological polar surface area (TPSA) is 65.5 Å². The van der Waals surface area contributed by atoms with Gasteiger partial charge in [0.25, 0.3) is 0 Å². The Labute approximate surface area is 169 Å². The van der Waals surface area contributed by atoms with Gasteiger partial charge in [0.1, 0.15) is 5.01 Å². The van der Waals surface area contributed by atoms with Gasteiger partial charge in [0.15, 0.2) is 0 Å². The lowest BCUT2D eigenvalue weighted by Gasteiger charge is -2.33. The number of nitrogens with zero attached hydrogens (tertiary/aromatic N) is 2. The van der Waals surface area contributed by atoms with Gasteiger partial charge in [-0.25, -0.2) is 4.98 Å². The minimum absolute atomic E-state index is 0.0143. The quantitative estimate of drug-likeness (QED) is 0.699. The van der Waals surface area contributed by atoms with E-state index in [1.54, 1.807) is 11.3 Å². The third-order valence-corrected chi connectivity index (χ3v) is 6.44. The first-order chi connectivity index (χ1) is 13.5. The molecule has 1 saturated heterocycles. The van der Waals surface area contributed by atoms with E-state index in [1.807, 2.05) is 31.2 Å². The van der Waals surface area contributed by atoms with Crippen LogP contribution in [0.25, 0.3) is 20.8 Å². The van der Waals surface area contributed by atoms with Crippen LogP contribution in [0.15, 0.2) is 42.5 Å². The van der Waals surface area contributed by atoms with Gasteiger partial charge >= 0.3 is 0 Å². The lowest BCUT2D eigenvalue weighted by molar-refractivity contribution is -0.121. The van der Waals surface area contributed by atoms with Crippen molar-refractivity contribution in [3.63, 3.8) is 0 Å². The molecule has 2 aromatic carbocycles. The first kappa shape index (κ1) is 19.1. The van der Waals surface area contributed by atoms with Gasteiger partial charge in [-0.1, -0.05) is 6.07 Å². The zero-order valence-corrected chi connectivity index (χ0v) is 17.0. The molecule has 28 heavy (non-hydrogen) atoms. The molecule has 0 unspecified atom stereocenters. The molecule has 6 heteroatoms. The van der Waals surface area contributed by atoms with E-state index < -0.39 is 0 Å². The number of carbonyl (C=O) groups excluding carboxylic acids is 1. The Kier molecular flexibility index (Phi) is 5.44. The van der Waals surface area contributed by atoms with E-state index in [4.69, 9.17) is 4.98 Å². The summed E-state index contributed by atoms with van der Waals surface area (Å²) in [5.74, 6) is -0.0143. The zero-order chi connectivity index (χ0) is 19.7. The van der Waals surface area contributed by atoms with Crippen LogP contribution in [0.1, 0.15) is 25.3 Å². The van der Waals surface area contributed by atoms with Crippen molar-refractivity contribution in [1.82, 2.24) is 9.88 Å². The van der Waals surface area contributed by atoms with Crippen LogP contribution >= 0.6 is 11.3 Å². The highest BCUT2D eigenvalue weighted by molar-refractivity contribution is 7.21. The van der Waals surface area contributed by atoms with Crippen LogP contribution in [-0.2, 0) is 4.79 Å². The number of fused-ring (bicyclic) bond motifs is 1. The molecule has 0 aliphatic carbocycles. The van der Waals surface area contributed by atoms with E-state index in [0.717, 1.165) is 47.7 Å². The summed E-state index contributed by atoms with van der Waals surface area (Å²) in [5, 5.41) is 13.6. The van der Waals surface area contributed by atoms with Crippen molar-refractivity contribution in [2.75, 3.05) is 18.4 Å². The predicted octanol–water partition coefficient (Wildman–Crippen LogP) is 4.06. The Hall–Kier alpha value is -2.28. The van der Waals surface area contributed by atoms with Crippen molar-refractivity contribution in [3.05, 3.63) is 48.0 Å². The summed E-state index contributed by atoms with van der Waals surface area (Å²) < 4.78 is 1.19. The normalized spacial score (nSPS) is 17.0. The number of aryl methyl sites for hydroxylation is 1. The average Bonchev–Trinajstić information content (AvgIpc) is 3.11. The number of thiazole rings is 1. The molecule has 3 aromatic rings. The molecule has 4 rings (SSSR count). The summed E-state index contributed by atoms with van der Waals surface area (Å²) in [6.45, 7) is 5.52. The van der Waals surface area contributed by atoms with Crippen molar-refractivity contribution >= 4 is 33.1 Å². The number of aliphatic hydroxyl groups excluding tert-OH is 1. The van der Waals surface area contributed by atoms with Crippen LogP contribution in [0.4, 0.5) is 5.69 Å². The molecule has 5 nitrogen and oxygen atoms in total. The summed E-state index contributed by atoms with van der Waals surface area (Å²) in [5.41, 5.74) is 4.09. The fraction of sp³-hybridized carbons (Fsp3) is 0.364. The SMILES string of the molecule is Cc1ccc2nc(-c3ccc(NC(=O)[C@H](C)N4CCC(O)CC4)cc3)sc2c1. The van der Waals surface area contributed by atoms with E-state index in [9.17, 15) is 9.90 Å². The maximum absolute atomic E-state index is 12.6. The first-order valence-electron chi connectivity index (χ1n) is 9.70. The molecule has 1 aromatic heterocycles. The number of aliphatic hydroxyl groups is 1. The molecule has 0 spiro atoms. The molecule has 2 N–H and O–H groups in total. The largest absolute Gasteiger partial charge is 0.393 e. The van der Waals surface area contributed by atoms with Crippen molar-refractivity contribution in [3.8, 4) is 10.6 Å². The third-order valence-electron chi connectivity index (χ3n) is 5.37. The summed E-state index contributed by atoms with van der Waals surface area (Å²) in [4.78, 5) is 19.4. The highest BCUT2D eigenvalue weighted by atomic mass is 32.1. The molecular formula is C22H25N3O2S. The Balaban J connectivity index is 1.43. The number of hydrogen-bond donors (Lipinski definition) is 2. The second-order valence-electron chi connectivity index (χ2n) is 7.50. The highest BCUT2D eigenvalue weighted by Gasteiger charge is 2.25. The summed E-state index contributed by atoms with van der Waals surface area (Å²) >= 11 is 1.68. The molecule has 146 valence electrons. The molecule has 1 aliphatic rings. The maximum Gasteiger partial charge on any atom is 0.241 e. The number of hydrogen-bond acceptors (Lipinski definition) is 5. The van der Waals surface area contributed by atoms with Crippen molar-refractivity contribution in [2.45, 2.75) is 38.8 Å². The standard InChI is InChI=1S/C22H25N3O2S/c1-14-3-8-19-20(13-14)28-22(24-19)16-4-6-17(7-5-16)23-21(27)15(2)25-11-9-18(26)10-12-25/h3-8,13,15,18,26H,9-12H2,1-2H3,(H,23,27)/t15-/m0/s1. The maximum atomic E-state index is 12.6. The van der Waals surface area contributed by atoms with Gasteiger partial charge in [-0.3, -0.25) is 9.69 Å². The second kappa shape index (κ2) is 7.99. The van der Waals surface area contributed by atoms with Crippen LogP contribution in [-0.4, -0.2) is 46.1 Å². The number of nitrogens with one attached hydrogen (secondary N) is 1. The summed E-state index contributed by atoms with van der Waals surface area (Å²) in [6.07, 6.45) is 1.23. The number of benzene rings is 2. The zero-order valence-electron chi connectivity index (χ0n) is 16.2. The van der Waals surface area contributed by atoms with Crippen LogP contribution in [0.2, 0.25) is 0 Å². The summed E-state index contributed by atoms with van der Waals surface area (Å²) in [6, 6.07) is 13.9. The smallest absolute Gasteiger partial charge is 0.241 e. The van der Waals surface area contributed by atoms with Gasteiger partial charge in [-0.15, -0.1) is 11.3 Å². The van der Waals surface area contributed by atoms with E-state index in [1.165, 1.54) is 10.3 Å². The first-order valence-corrected chi connectivity index (χ1v) is 10.5. The van der Waals surface area contributed by atoms with Gasteiger partial charge in [-0.05, 0) is 68.7 Å². The van der Waals surface area contributed by atoms with Crippen molar-refractivity contribution in [1.29, 1.82) is 0 Å². The molecule has 1 aliphatic heterocycles. The van der Waals surface area contributed by atoms with Crippen molar-refractivity contribution < 1.29 is 9.90 Å². The Morgan fingerprint density at radius 2 is 1.93 bits per heavy atom. The number of aromatic nitrogens is 1. The minimum atomic E-state index is -0.231. The number of piperidine rings is 1. The molecule has 1 atom stereocenters. The Morgan fingerprint density at radius 3 is 2.64 bits per heavy atom. The predicted molar refractivity (Wildman–Crippen MR) is 115 cm³/mol. The molecule has 0 saturated carbocycles. The van der Waals surface area contributed by atoms with Gasteiger partial charge in [0, 0.05) is 24.3 Å².